The van der Waals surface area contributed by atoms with E-state index >= 15 is 0 Å². The van der Waals surface area contributed by atoms with Crippen LogP contribution in [-0.4, -0.2) is 18.3 Å². The van der Waals surface area contributed by atoms with Crippen molar-refractivity contribution < 1.29 is 13.3 Å². The average molecular weight is 1840 g/mol. The zero-order valence-corrected chi connectivity index (χ0v) is 80.1. The molecule has 7 nitrogen and oxygen atoms in total. The van der Waals surface area contributed by atoms with Crippen molar-refractivity contribution in [3.63, 3.8) is 0 Å². The van der Waals surface area contributed by atoms with E-state index in [1.165, 1.54) is 270 Å². The third-order valence-corrected chi connectivity index (χ3v) is 34.0. The molecule has 7 heterocycles. The van der Waals surface area contributed by atoms with Gasteiger partial charge in [0.15, 0.2) is 0 Å². The molecule has 20 aromatic carbocycles. The summed E-state index contributed by atoms with van der Waals surface area (Å²) >= 11 is 0. The summed E-state index contributed by atoms with van der Waals surface area (Å²) in [7, 11) is 0. The van der Waals surface area contributed by atoms with Crippen molar-refractivity contribution in [2.24, 2.45) is 11.8 Å². The zero-order chi connectivity index (χ0) is 94.9. The Bertz CT molecular complexity index is 10600. The van der Waals surface area contributed by atoms with Crippen LogP contribution >= 0.6 is 0 Å². The van der Waals surface area contributed by atoms with Gasteiger partial charge in [-0.25, -0.2) is 0 Å². The van der Waals surface area contributed by atoms with Gasteiger partial charge in [0.1, 0.15) is 33.5 Å². The first-order chi connectivity index (χ1) is 70.7. The van der Waals surface area contributed by atoms with E-state index in [1.54, 1.807) is 0 Å². The number of nitrogens with zero attached hydrogens (tertiary/aromatic N) is 4. The first-order valence-electron chi connectivity index (χ1n) is 50.6. The Labute approximate surface area is 828 Å². The number of aromatic nitrogens is 4. The van der Waals surface area contributed by atoms with Gasteiger partial charge < -0.3 is 31.5 Å². The van der Waals surface area contributed by atoms with Crippen LogP contribution in [0.15, 0.2) is 438 Å². The van der Waals surface area contributed by atoms with E-state index in [0.717, 1.165) is 39.2 Å². The van der Waals surface area contributed by atoms with Gasteiger partial charge in [0.05, 0.1) is 49.8 Å². The Morgan fingerprint density at radius 1 is 0.229 bits per heavy atom. The first kappa shape index (κ1) is 80.1. The number of furan rings is 3. The lowest BCUT2D eigenvalue weighted by Crippen LogP contribution is -2.18. The molecule has 0 radical (unpaired) electrons. The highest BCUT2D eigenvalue weighted by molar-refractivity contribution is 6.24. The molecule has 27 aromatic rings. The molecule has 676 valence electrons. The maximum atomic E-state index is 6.67. The largest absolute Gasteiger partial charge is 0.456 e. The van der Waals surface area contributed by atoms with Gasteiger partial charge in [-0.1, -0.05) is 339 Å². The standard InChI is InChI=1S/C49H33NO.C45H30N2O.C43H27NO/c1-49(2)41-27-26-38-33-12-5-7-16-42(33)50(47(38)45(41)40-25-24-39-34-13-6-8-17-43(34)51-48(39)46(40)49)29-20-18-28(19-21-29)30-22-23-37-32-11-4-3-10-31(32)36-15-9-14-35(30)44(36)37;1-45(2)36-22-21-32-31-16-8-11-19-42(31)48-44(32)43(36)35-25-34-30-15-7-10-18-39(30)47(41(34)26-37(35)45)28-20-23-40-33(24-28)29-14-6-9-17-38(29)46(40)27-12-4-3-5-13-27;1-43(2)35-22-34-26-12-5-7-16-36(26)44(37-21-20-29-25-11-4-3-10-24(25)28-14-9-15-32(37)40(28)29)38(34)23-33(35)30-18-19-31-27-13-6-8-17-39(27)45-42(31)41(30)43/h3-27,35,44H,1-2H3;3-26H,1-2H3;3-23H,1-2H3. The number of benzene rings is 20. The van der Waals surface area contributed by atoms with Gasteiger partial charge in [-0.15, -0.1) is 0 Å². The van der Waals surface area contributed by atoms with Gasteiger partial charge in [-0.05, 0) is 233 Å². The summed E-state index contributed by atoms with van der Waals surface area (Å²) in [6, 6.07) is 145. The summed E-state index contributed by atoms with van der Waals surface area (Å²) in [4.78, 5) is 0. The van der Waals surface area contributed by atoms with Crippen LogP contribution in [0.4, 0.5) is 0 Å². The number of rotatable bonds is 5. The highest BCUT2D eigenvalue weighted by atomic mass is 16.3. The molecular weight excluding hydrogens is 1750 g/mol. The molecule has 0 amide bonds. The van der Waals surface area contributed by atoms with Crippen molar-refractivity contribution in [3.05, 3.63) is 475 Å². The van der Waals surface area contributed by atoms with Crippen LogP contribution in [0.2, 0.25) is 0 Å². The van der Waals surface area contributed by atoms with E-state index in [4.69, 9.17) is 13.3 Å². The lowest BCUT2D eigenvalue weighted by molar-refractivity contribution is 0.619. The van der Waals surface area contributed by atoms with Crippen molar-refractivity contribution in [1.29, 1.82) is 0 Å². The van der Waals surface area contributed by atoms with Gasteiger partial charge in [-0.2, -0.15) is 0 Å². The molecule has 0 saturated carbocycles. The second-order valence-corrected chi connectivity index (χ2v) is 42.2. The molecule has 2 atom stereocenters. The number of hydrogen-bond donors (Lipinski definition) is 0. The predicted octanol–water partition coefficient (Wildman–Crippen LogP) is 36.5. The van der Waals surface area contributed by atoms with Crippen molar-refractivity contribution in [1.82, 2.24) is 18.3 Å². The molecule has 2 unspecified atom stereocenters. The predicted molar refractivity (Wildman–Crippen MR) is 600 cm³/mol. The molecule has 7 aliphatic rings. The molecular formula is C137H90N4O3. The van der Waals surface area contributed by atoms with Crippen LogP contribution in [-0.2, 0) is 16.2 Å². The summed E-state index contributed by atoms with van der Waals surface area (Å²) < 4.78 is 29.7. The number of hydrogen-bond acceptors (Lipinski definition) is 3. The Morgan fingerprint density at radius 2 is 0.667 bits per heavy atom. The van der Waals surface area contributed by atoms with Crippen LogP contribution in [0, 0.1) is 11.8 Å². The second kappa shape index (κ2) is 28.8. The summed E-state index contributed by atoms with van der Waals surface area (Å²) in [6.45, 7) is 14.1. The van der Waals surface area contributed by atoms with Crippen LogP contribution in [0.5, 0.6) is 0 Å². The molecule has 7 heteroatoms. The van der Waals surface area contributed by atoms with Crippen LogP contribution < -0.4 is 0 Å². The minimum Gasteiger partial charge on any atom is -0.456 e. The summed E-state index contributed by atoms with van der Waals surface area (Å²) in [5.41, 5.74) is 49.0. The maximum absolute atomic E-state index is 6.67. The minimum atomic E-state index is -0.224. The molecule has 0 saturated heterocycles. The van der Waals surface area contributed by atoms with Gasteiger partial charge in [0.2, 0.25) is 0 Å². The van der Waals surface area contributed by atoms with Crippen molar-refractivity contribution in [2.75, 3.05) is 0 Å². The molecule has 7 aliphatic carbocycles. The normalized spacial score (nSPS) is 15.8. The second-order valence-electron chi connectivity index (χ2n) is 42.2. The zero-order valence-electron chi connectivity index (χ0n) is 80.1. The first-order valence-corrected chi connectivity index (χ1v) is 50.6. The topological polar surface area (TPSA) is 59.1 Å². The fraction of sp³-hybridized carbons (Fsp3) is 0.0803. The molecule has 144 heavy (non-hydrogen) atoms. The smallest absolute Gasteiger partial charge is 0.143 e. The summed E-state index contributed by atoms with van der Waals surface area (Å²) in [6.07, 6.45) is 11.7. The molecule has 34 rings (SSSR count). The quantitative estimate of drug-likeness (QED) is 0.173. The average Bonchev–Trinajstić information content (AvgIpc) is 1.62. The molecule has 0 aliphatic heterocycles. The number of allylic oxidation sites excluding steroid dienone is 8. The van der Waals surface area contributed by atoms with Crippen molar-refractivity contribution in [2.45, 2.75) is 57.8 Å². The highest BCUT2D eigenvalue weighted by Gasteiger charge is 2.46. The van der Waals surface area contributed by atoms with Gasteiger partial charge >= 0.3 is 0 Å². The van der Waals surface area contributed by atoms with Crippen LogP contribution in [0.3, 0.4) is 0 Å². The highest BCUT2D eigenvalue weighted by Crippen LogP contribution is 2.62. The monoisotopic (exact) mass is 1840 g/mol. The fourth-order valence-electron chi connectivity index (χ4n) is 27.7. The van der Waals surface area contributed by atoms with E-state index in [9.17, 15) is 0 Å². The van der Waals surface area contributed by atoms with Crippen LogP contribution in [0.25, 0.3) is 259 Å². The molecule has 0 N–H and O–H groups in total. The molecule has 0 bridgehead atoms. The van der Waals surface area contributed by atoms with Gasteiger partial charge in [0, 0.05) is 148 Å². The Balaban J connectivity index is 0.0000000969. The van der Waals surface area contributed by atoms with E-state index < -0.39 is 0 Å². The Kier molecular flexibility index (Phi) is 16.0. The fourth-order valence-corrected chi connectivity index (χ4v) is 27.7. The lowest BCUT2D eigenvalue weighted by atomic mass is 9.72. The third kappa shape index (κ3) is 10.6. The lowest BCUT2D eigenvalue weighted by Gasteiger charge is -2.31. The number of para-hydroxylation sites is 8. The third-order valence-electron chi connectivity index (χ3n) is 34.0. The van der Waals surface area contributed by atoms with Crippen molar-refractivity contribution >= 4 is 181 Å². The number of fused-ring (bicyclic) bond motifs is 40. The molecule has 0 fully saturated rings. The molecule has 7 aromatic heterocycles. The maximum Gasteiger partial charge on any atom is 0.143 e. The van der Waals surface area contributed by atoms with E-state index in [0.29, 0.717) is 11.8 Å². The SMILES string of the molecule is CC1(C)c2cc3c(cc2-c2c1ccc1c2oc2ccccc21)c1ccccc1n3-c1ccc2c(c1)c1ccccc1n2-c1ccccc1.CC1(C)c2cc3c4ccccc4n(-c4ccc5c6c(cccc46)-c4ccccc4-5)c3cc2-c2ccc3c(oc4ccccc43)c21.CC1(C)c2ccc3c4ccccc4n(-c4ccc(C5=CC=C6c7ccccc7C7=CC=CC5C76)cc4)c3c2-c2ccc3c(oc4ccccc43)c21. The molecule has 0 spiro atoms. The van der Waals surface area contributed by atoms with E-state index in [-0.39, 0.29) is 16.2 Å². The summed E-state index contributed by atoms with van der Waals surface area (Å²) in [5.74, 6) is 0.710. The van der Waals surface area contributed by atoms with Gasteiger partial charge in [0.25, 0.3) is 0 Å². The van der Waals surface area contributed by atoms with Crippen LogP contribution in [0.1, 0.15) is 91.6 Å². The van der Waals surface area contributed by atoms with Crippen molar-refractivity contribution in [3.8, 4) is 78.4 Å². The van der Waals surface area contributed by atoms with Gasteiger partial charge in [-0.3, -0.25) is 0 Å². The Morgan fingerprint density at radius 3 is 1.32 bits per heavy atom. The Hall–Kier alpha value is -17.8. The minimum absolute atomic E-state index is 0.180. The van der Waals surface area contributed by atoms with E-state index in [1.807, 2.05) is 0 Å². The van der Waals surface area contributed by atoms with E-state index in [2.05, 4.69) is 485 Å². The summed E-state index contributed by atoms with van der Waals surface area (Å²) in [5, 5.41) is 19.9.